The van der Waals surface area contributed by atoms with E-state index in [1.807, 2.05) is 0 Å². The summed E-state index contributed by atoms with van der Waals surface area (Å²) in [6.07, 6.45) is 6.66. The van der Waals surface area contributed by atoms with Crippen LogP contribution in [-0.2, 0) is 4.79 Å². The number of thiocarbonyl (C=S) groups is 1. The zero-order valence-electron chi connectivity index (χ0n) is 8.82. The second kappa shape index (κ2) is 4.21. The maximum Gasteiger partial charge on any atom is 0.237 e. The van der Waals surface area contributed by atoms with Crippen LogP contribution in [-0.4, -0.2) is 21.1 Å². The predicted molar refractivity (Wildman–Crippen MR) is 64.9 cm³/mol. The molecular formula is C10H14N4OS. The van der Waals surface area contributed by atoms with Crippen LogP contribution in [0.25, 0.3) is 0 Å². The van der Waals surface area contributed by atoms with Gasteiger partial charge in [-0.1, -0.05) is 25.1 Å². The summed E-state index contributed by atoms with van der Waals surface area (Å²) >= 11 is 5.03. The Morgan fingerprint density at radius 2 is 2.25 bits per heavy atom. The van der Waals surface area contributed by atoms with Gasteiger partial charge in [-0.15, -0.1) is 0 Å². The second-order valence-electron chi connectivity index (χ2n) is 4.09. The molecule has 0 aliphatic heterocycles. The van der Waals surface area contributed by atoms with E-state index < -0.39 is 5.41 Å². The van der Waals surface area contributed by atoms with Crippen molar-refractivity contribution in [3.63, 3.8) is 0 Å². The van der Waals surface area contributed by atoms with Gasteiger partial charge in [-0.05, 0) is 12.8 Å². The van der Waals surface area contributed by atoms with Crippen LogP contribution in [0, 0.1) is 5.41 Å². The molecule has 1 aliphatic rings. The molecule has 4 N–H and O–H groups in total. The predicted octanol–water partition coefficient (Wildman–Crippen LogP) is 1.19. The van der Waals surface area contributed by atoms with Gasteiger partial charge < -0.3 is 11.1 Å². The van der Waals surface area contributed by atoms with Crippen molar-refractivity contribution in [2.75, 3.05) is 5.32 Å². The minimum atomic E-state index is -0.660. The quantitative estimate of drug-likeness (QED) is 0.691. The minimum Gasteiger partial charge on any atom is -0.392 e. The van der Waals surface area contributed by atoms with E-state index in [2.05, 4.69) is 15.5 Å². The van der Waals surface area contributed by atoms with Crippen molar-refractivity contribution in [3.05, 3.63) is 12.4 Å². The van der Waals surface area contributed by atoms with Gasteiger partial charge in [0, 0.05) is 6.20 Å². The van der Waals surface area contributed by atoms with Crippen LogP contribution in [0.2, 0.25) is 0 Å². The van der Waals surface area contributed by atoms with Crippen molar-refractivity contribution in [1.29, 1.82) is 0 Å². The first-order chi connectivity index (χ1) is 7.65. The van der Waals surface area contributed by atoms with E-state index >= 15 is 0 Å². The summed E-state index contributed by atoms with van der Waals surface area (Å²) < 4.78 is 0. The van der Waals surface area contributed by atoms with Crippen molar-refractivity contribution in [1.82, 2.24) is 10.2 Å². The number of rotatable bonds is 3. The molecule has 0 radical (unpaired) electrons. The molecule has 2 rings (SSSR count). The lowest BCUT2D eigenvalue weighted by Crippen LogP contribution is -2.43. The minimum absolute atomic E-state index is 0.112. The van der Waals surface area contributed by atoms with E-state index in [1.165, 1.54) is 0 Å². The molecule has 1 aliphatic carbocycles. The smallest absolute Gasteiger partial charge is 0.237 e. The first-order valence-corrected chi connectivity index (χ1v) is 5.66. The van der Waals surface area contributed by atoms with E-state index in [0.717, 1.165) is 25.7 Å². The molecule has 0 atom stereocenters. The number of aromatic amines is 1. The van der Waals surface area contributed by atoms with Gasteiger partial charge in [0.15, 0.2) is 0 Å². The number of aromatic nitrogens is 2. The Labute approximate surface area is 98.8 Å². The van der Waals surface area contributed by atoms with Crippen molar-refractivity contribution in [2.45, 2.75) is 25.7 Å². The highest BCUT2D eigenvalue weighted by Crippen LogP contribution is 2.39. The molecule has 0 saturated heterocycles. The number of nitrogens with zero attached hydrogens (tertiary/aromatic N) is 1. The number of carbonyl (C=O) groups excluding carboxylic acids is 1. The van der Waals surface area contributed by atoms with Gasteiger partial charge in [-0.3, -0.25) is 9.89 Å². The van der Waals surface area contributed by atoms with Crippen LogP contribution in [0.1, 0.15) is 25.7 Å². The van der Waals surface area contributed by atoms with Crippen LogP contribution in [0.4, 0.5) is 5.69 Å². The van der Waals surface area contributed by atoms with E-state index in [0.29, 0.717) is 10.7 Å². The van der Waals surface area contributed by atoms with Gasteiger partial charge in [0.2, 0.25) is 5.91 Å². The van der Waals surface area contributed by atoms with Gasteiger partial charge in [0.05, 0.1) is 22.3 Å². The fourth-order valence-electron chi connectivity index (χ4n) is 2.13. The van der Waals surface area contributed by atoms with Crippen molar-refractivity contribution >= 4 is 28.8 Å². The monoisotopic (exact) mass is 238 g/mol. The summed E-state index contributed by atoms with van der Waals surface area (Å²) in [5, 5.41) is 9.19. The molecule has 1 fully saturated rings. The molecule has 1 heterocycles. The highest BCUT2D eigenvalue weighted by molar-refractivity contribution is 7.80. The summed E-state index contributed by atoms with van der Waals surface area (Å²) in [5.74, 6) is -0.112. The fourth-order valence-corrected chi connectivity index (χ4v) is 2.43. The van der Waals surface area contributed by atoms with Crippen LogP contribution < -0.4 is 11.1 Å². The molecule has 0 bridgehead atoms. The molecule has 1 amide bonds. The highest BCUT2D eigenvalue weighted by Gasteiger charge is 2.43. The van der Waals surface area contributed by atoms with Crippen molar-refractivity contribution in [2.24, 2.45) is 11.1 Å². The van der Waals surface area contributed by atoms with E-state index in [1.54, 1.807) is 12.4 Å². The zero-order valence-corrected chi connectivity index (χ0v) is 9.64. The molecule has 5 nitrogen and oxygen atoms in total. The SMILES string of the molecule is NC(=S)C1(C(=O)Nc2cn[nH]c2)CCCC1. The second-order valence-corrected chi connectivity index (χ2v) is 4.53. The van der Waals surface area contributed by atoms with Crippen LogP contribution in [0.3, 0.4) is 0 Å². The third-order valence-corrected chi connectivity index (χ3v) is 3.51. The third-order valence-electron chi connectivity index (χ3n) is 3.12. The summed E-state index contributed by atoms with van der Waals surface area (Å²) in [7, 11) is 0. The largest absolute Gasteiger partial charge is 0.392 e. The summed E-state index contributed by atoms with van der Waals surface area (Å²) in [5.41, 5.74) is 5.70. The summed E-state index contributed by atoms with van der Waals surface area (Å²) in [6.45, 7) is 0. The maximum atomic E-state index is 12.2. The third kappa shape index (κ3) is 1.80. The van der Waals surface area contributed by atoms with Crippen LogP contribution in [0.15, 0.2) is 12.4 Å². The maximum absolute atomic E-state index is 12.2. The van der Waals surface area contributed by atoms with Gasteiger partial charge in [0.1, 0.15) is 0 Å². The lowest BCUT2D eigenvalue weighted by Gasteiger charge is -2.25. The standard InChI is InChI=1S/C10H14N4OS/c11-8(16)10(3-1-2-4-10)9(15)14-7-5-12-13-6-7/h5-6H,1-4H2,(H2,11,16)(H,12,13)(H,14,15). The Morgan fingerprint density at radius 3 is 2.75 bits per heavy atom. The van der Waals surface area contributed by atoms with E-state index in [-0.39, 0.29) is 5.91 Å². The highest BCUT2D eigenvalue weighted by atomic mass is 32.1. The van der Waals surface area contributed by atoms with Crippen molar-refractivity contribution < 1.29 is 4.79 Å². The molecule has 6 heteroatoms. The molecule has 1 saturated carbocycles. The molecule has 0 spiro atoms. The Balaban J connectivity index is 2.15. The van der Waals surface area contributed by atoms with Gasteiger partial charge in [-0.2, -0.15) is 5.10 Å². The van der Waals surface area contributed by atoms with E-state index in [4.69, 9.17) is 18.0 Å². The van der Waals surface area contributed by atoms with Crippen LogP contribution in [0.5, 0.6) is 0 Å². The molecule has 1 aromatic rings. The molecule has 0 aromatic carbocycles. The Kier molecular flexibility index (Phi) is 2.91. The average Bonchev–Trinajstić information content (AvgIpc) is 2.87. The Morgan fingerprint density at radius 1 is 1.56 bits per heavy atom. The molecule has 0 unspecified atom stereocenters. The summed E-state index contributed by atoms with van der Waals surface area (Å²) in [4.78, 5) is 12.5. The number of nitrogens with one attached hydrogen (secondary N) is 2. The molecule has 86 valence electrons. The zero-order chi connectivity index (χ0) is 11.6. The summed E-state index contributed by atoms with van der Waals surface area (Å²) in [6, 6.07) is 0. The van der Waals surface area contributed by atoms with Crippen molar-refractivity contribution in [3.8, 4) is 0 Å². The first kappa shape index (κ1) is 11.1. The fraction of sp³-hybridized carbons (Fsp3) is 0.500. The Bertz CT molecular complexity index is 395. The van der Waals surface area contributed by atoms with Crippen LogP contribution >= 0.6 is 12.2 Å². The van der Waals surface area contributed by atoms with Gasteiger partial charge >= 0.3 is 0 Å². The van der Waals surface area contributed by atoms with Gasteiger partial charge in [0.25, 0.3) is 0 Å². The van der Waals surface area contributed by atoms with Gasteiger partial charge in [-0.25, -0.2) is 0 Å². The lowest BCUT2D eigenvalue weighted by molar-refractivity contribution is -0.122. The molecule has 1 aromatic heterocycles. The number of carbonyl (C=O) groups is 1. The van der Waals surface area contributed by atoms with E-state index in [9.17, 15) is 4.79 Å². The number of hydrogen-bond acceptors (Lipinski definition) is 3. The number of anilines is 1. The average molecular weight is 238 g/mol. The first-order valence-electron chi connectivity index (χ1n) is 5.25. The number of hydrogen-bond donors (Lipinski definition) is 3. The lowest BCUT2D eigenvalue weighted by atomic mass is 9.85. The molecule has 16 heavy (non-hydrogen) atoms. The molecular weight excluding hydrogens is 224 g/mol. The number of amides is 1. The number of H-pyrrole nitrogens is 1. The normalized spacial score (nSPS) is 18.2. The Hall–Kier alpha value is -1.43. The topological polar surface area (TPSA) is 83.8 Å². The number of nitrogens with two attached hydrogens (primary N) is 1.